The van der Waals surface area contributed by atoms with Gasteiger partial charge in [-0.15, -0.1) is 0 Å². The highest BCUT2D eigenvalue weighted by Gasteiger charge is 2.23. The Balaban J connectivity index is 1.14. The smallest absolute Gasteiger partial charge is 0.235 e. The van der Waals surface area contributed by atoms with Crippen molar-refractivity contribution in [2.45, 2.75) is 0 Å². The summed E-state index contributed by atoms with van der Waals surface area (Å²) in [6.45, 7) is 0. The van der Waals surface area contributed by atoms with Crippen LogP contribution in [0.4, 0.5) is 0 Å². The largest absolute Gasteiger partial charge is 0.293 e. The van der Waals surface area contributed by atoms with Crippen molar-refractivity contribution in [1.29, 1.82) is 0 Å². The molecule has 4 heterocycles. The summed E-state index contributed by atoms with van der Waals surface area (Å²) in [5, 5.41) is 5.58. The van der Waals surface area contributed by atoms with Crippen molar-refractivity contribution in [2.75, 3.05) is 0 Å². The fourth-order valence-electron chi connectivity index (χ4n) is 8.98. The second kappa shape index (κ2) is 13.8. The van der Waals surface area contributed by atoms with Crippen LogP contribution in [0, 0.1) is 0 Å². The van der Waals surface area contributed by atoms with E-state index in [0.717, 1.165) is 88.6 Å². The number of rotatable bonds is 6. The van der Waals surface area contributed by atoms with E-state index < -0.39 is 0 Å². The lowest BCUT2D eigenvalue weighted by molar-refractivity contribution is 1.01. The van der Waals surface area contributed by atoms with Crippen molar-refractivity contribution < 1.29 is 0 Å². The van der Waals surface area contributed by atoms with Gasteiger partial charge in [-0.1, -0.05) is 176 Å². The number of pyridine rings is 1. The lowest BCUT2D eigenvalue weighted by Gasteiger charge is -2.14. The molecular weight excluding hydrogens is 731 g/mol. The third-order valence-electron chi connectivity index (χ3n) is 11.7. The summed E-state index contributed by atoms with van der Waals surface area (Å²) < 4.78 is 4.60. The number of para-hydroxylation sites is 3. The number of aromatic nitrogens is 5. The highest BCUT2D eigenvalue weighted by Crippen LogP contribution is 2.43. The van der Waals surface area contributed by atoms with Crippen molar-refractivity contribution in [1.82, 2.24) is 24.1 Å². The number of nitrogens with zero attached hydrogens (tertiary/aromatic N) is 5. The Morgan fingerprint density at radius 2 is 0.867 bits per heavy atom. The average Bonchev–Trinajstić information content (AvgIpc) is 3.85. The van der Waals surface area contributed by atoms with E-state index in [1.165, 1.54) is 16.5 Å². The van der Waals surface area contributed by atoms with Gasteiger partial charge in [-0.2, -0.15) is 0 Å². The minimum absolute atomic E-state index is 0.625. The molecule has 0 aliphatic rings. The molecule has 0 spiro atoms. The summed E-state index contributed by atoms with van der Waals surface area (Å²) in [5.41, 5.74) is 13.7. The molecule has 0 bridgehead atoms. The second-order valence-corrected chi connectivity index (χ2v) is 15.2. The Labute approximate surface area is 346 Å². The second-order valence-electron chi connectivity index (χ2n) is 15.2. The predicted octanol–water partition coefficient (Wildman–Crippen LogP) is 13.9. The zero-order valence-electron chi connectivity index (χ0n) is 32.4. The third kappa shape index (κ3) is 5.44. The fourth-order valence-corrected chi connectivity index (χ4v) is 8.98. The van der Waals surface area contributed by atoms with Crippen LogP contribution in [0.2, 0.25) is 0 Å². The monoisotopic (exact) mass is 765 g/mol. The van der Waals surface area contributed by atoms with Gasteiger partial charge in [0, 0.05) is 38.1 Å². The van der Waals surface area contributed by atoms with Gasteiger partial charge in [-0.25, -0.2) is 15.0 Å². The van der Waals surface area contributed by atoms with E-state index in [-0.39, 0.29) is 0 Å². The molecule has 0 saturated heterocycles. The minimum atomic E-state index is 0.625. The Bertz CT molecular complexity index is 3510. The lowest BCUT2D eigenvalue weighted by Crippen LogP contribution is -2.03. The van der Waals surface area contributed by atoms with Crippen LogP contribution in [0.25, 0.3) is 111 Å². The maximum absolute atomic E-state index is 5.46. The molecular formula is C55H35N5. The van der Waals surface area contributed by atoms with Crippen LogP contribution in [0.15, 0.2) is 212 Å². The van der Waals surface area contributed by atoms with E-state index >= 15 is 0 Å². The van der Waals surface area contributed by atoms with E-state index in [2.05, 4.69) is 215 Å². The quantitative estimate of drug-likeness (QED) is 0.169. The summed E-state index contributed by atoms with van der Waals surface area (Å²) in [5.74, 6) is 1.48. The van der Waals surface area contributed by atoms with E-state index in [4.69, 9.17) is 15.0 Å². The number of hydrogen-bond donors (Lipinski definition) is 0. The zero-order chi connectivity index (χ0) is 39.6. The summed E-state index contributed by atoms with van der Waals surface area (Å²) in [6, 6.07) is 74.8. The van der Waals surface area contributed by atoms with E-state index in [1.54, 1.807) is 0 Å². The van der Waals surface area contributed by atoms with Crippen LogP contribution in [-0.2, 0) is 0 Å². The van der Waals surface area contributed by atoms with Crippen LogP contribution < -0.4 is 0 Å². The molecule has 0 fully saturated rings. The Morgan fingerprint density at radius 3 is 1.58 bits per heavy atom. The Morgan fingerprint density at radius 1 is 0.317 bits per heavy atom. The molecule has 0 unspecified atom stereocenters. The highest BCUT2D eigenvalue weighted by atomic mass is 15.2. The predicted molar refractivity (Wildman–Crippen MR) is 248 cm³/mol. The van der Waals surface area contributed by atoms with Crippen LogP contribution in [0.3, 0.4) is 0 Å². The average molecular weight is 766 g/mol. The maximum atomic E-state index is 5.46. The SMILES string of the molecule is c1ccc(-c2ccc(-c3nc(-n4c5ccccc5c5c4ccc4c6ccccc6n(-c6cc(-c7ccccc7)cc(-c7ccccc7)n6)c45)nc4ccccc34)cc2)cc1. The minimum Gasteiger partial charge on any atom is -0.293 e. The molecule has 4 aromatic heterocycles. The number of fused-ring (bicyclic) bond motifs is 8. The molecule has 0 radical (unpaired) electrons. The summed E-state index contributed by atoms with van der Waals surface area (Å²) >= 11 is 0. The van der Waals surface area contributed by atoms with Gasteiger partial charge < -0.3 is 0 Å². The maximum Gasteiger partial charge on any atom is 0.235 e. The molecule has 0 N–H and O–H groups in total. The van der Waals surface area contributed by atoms with Crippen LogP contribution in [0.1, 0.15) is 0 Å². The number of benzene rings is 8. The third-order valence-corrected chi connectivity index (χ3v) is 11.7. The standard InChI is InChI=1S/C55H35N5/c1-4-16-36(17-5-1)38-28-30-40(31-29-38)53-44-23-10-13-25-46(44)57-55(58-53)59-49-27-15-12-24-45(49)52-50(59)33-32-43-42-22-11-14-26-48(42)60(54(43)52)51-35-41(37-18-6-2-7-19-37)34-47(56-51)39-20-8-3-9-21-39/h1-35H. The molecule has 5 nitrogen and oxygen atoms in total. The number of hydrogen-bond acceptors (Lipinski definition) is 3. The topological polar surface area (TPSA) is 48.5 Å². The summed E-state index contributed by atoms with van der Waals surface area (Å²) in [7, 11) is 0. The molecule has 5 heteroatoms. The van der Waals surface area contributed by atoms with Crippen LogP contribution in [0.5, 0.6) is 0 Å². The van der Waals surface area contributed by atoms with E-state index in [9.17, 15) is 0 Å². The Kier molecular flexibility index (Phi) is 7.78. The van der Waals surface area contributed by atoms with Crippen molar-refractivity contribution >= 4 is 54.5 Å². The zero-order valence-corrected chi connectivity index (χ0v) is 32.4. The van der Waals surface area contributed by atoms with Crippen molar-refractivity contribution in [3.05, 3.63) is 212 Å². The first-order valence-corrected chi connectivity index (χ1v) is 20.3. The van der Waals surface area contributed by atoms with Gasteiger partial charge in [0.1, 0.15) is 5.82 Å². The van der Waals surface area contributed by atoms with Gasteiger partial charge in [0.25, 0.3) is 0 Å². The summed E-state index contributed by atoms with van der Waals surface area (Å²) in [4.78, 5) is 16.2. The molecule has 12 aromatic rings. The van der Waals surface area contributed by atoms with Crippen LogP contribution in [-0.4, -0.2) is 24.1 Å². The van der Waals surface area contributed by atoms with Gasteiger partial charge in [0.05, 0.1) is 39.0 Å². The molecule has 0 aliphatic carbocycles. The molecule has 0 atom stereocenters. The first kappa shape index (κ1) is 33.9. The highest BCUT2D eigenvalue weighted by molar-refractivity contribution is 6.26. The van der Waals surface area contributed by atoms with Crippen molar-refractivity contribution in [3.8, 4) is 56.5 Å². The first-order chi connectivity index (χ1) is 29.8. The van der Waals surface area contributed by atoms with Crippen molar-refractivity contribution in [2.24, 2.45) is 0 Å². The molecule has 12 rings (SSSR count). The van der Waals surface area contributed by atoms with Gasteiger partial charge in [-0.3, -0.25) is 9.13 Å². The van der Waals surface area contributed by atoms with Gasteiger partial charge in [0.15, 0.2) is 0 Å². The first-order valence-electron chi connectivity index (χ1n) is 20.3. The molecule has 8 aromatic carbocycles. The molecule has 0 saturated carbocycles. The van der Waals surface area contributed by atoms with Crippen molar-refractivity contribution in [3.63, 3.8) is 0 Å². The molecule has 280 valence electrons. The van der Waals surface area contributed by atoms with E-state index in [0.29, 0.717) is 5.95 Å². The van der Waals surface area contributed by atoms with Gasteiger partial charge in [0.2, 0.25) is 5.95 Å². The van der Waals surface area contributed by atoms with Gasteiger partial charge >= 0.3 is 0 Å². The molecule has 0 amide bonds. The summed E-state index contributed by atoms with van der Waals surface area (Å²) in [6.07, 6.45) is 0. The van der Waals surface area contributed by atoms with Crippen LogP contribution >= 0.6 is 0 Å². The molecule has 0 aliphatic heterocycles. The lowest BCUT2D eigenvalue weighted by atomic mass is 10.0. The normalized spacial score (nSPS) is 11.7. The van der Waals surface area contributed by atoms with Gasteiger partial charge in [-0.05, 0) is 58.7 Å². The van der Waals surface area contributed by atoms with E-state index in [1.807, 2.05) is 6.07 Å². The molecule has 60 heavy (non-hydrogen) atoms. The Hall–Kier alpha value is -8.15. The fraction of sp³-hybridized carbons (Fsp3) is 0.